The third kappa shape index (κ3) is 13.9. The summed E-state index contributed by atoms with van der Waals surface area (Å²) in [6, 6.07) is 0. The molecule has 0 heterocycles. The number of hydrogen-bond donors (Lipinski definition) is 1. The molecular weight excluding hydrogens is 504 g/mol. The number of carboxylic acid groups (broad SMARTS) is 1. The molecule has 38 heavy (non-hydrogen) atoms. The summed E-state index contributed by atoms with van der Waals surface area (Å²) in [5, 5.41) is 9.92. The molecule has 12 nitrogen and oxygen atoms in total. The Balaban J connectivity index is 6.68. The van der Waals surface area contributed by atoms with E-state index in [4.69, 9.17) is 23.7 Å². The van der Waals surface area contributed by atoms with Crippen LogP contribution >= 0.6 is 0 Å². The molecule has 0 spiro atoms. The maximum absolute atomic E-state index is 12.6. The highest BCUT2D eigenvalue weighted by molar-refractivity contribution is 5.80. The molecule has 1 unspecified atom stereocenters. The molecule has 0 aromatic heterocycles. The average Bonchev–Trinajstić information content (AvgIpc) is 2.83. The number of aliphatic carboxylic acids is 1. The lowest BCUT2D eigenvalue weighted by molar-refractivity contribution is -0.209. The Morgan fingerprint density at radius 1 is 0.526 bits per heavy atom. The second kappa shape index (κ2) is 19.9. The number of esters is 5. The van der Waals surface area contributed by atoms with Crippen molar-refractivity contribution >= 4 is 35.8 Å². The minimum absolute atomic E-state index is 0.0385. The second-order valence-corrected chi connectivity index (χ2v) is 8.62. The maximum Gasteiger partial charge on any atom is 0.349 e. The Labute approximate surface area is 223 Å². The van der Waals surface area contributed by atoms with E-state index in [1.165, 1.54) is 0 Å². The van der Waals surface area contributed by atoms with Crippen LogP contribution in [0.3, 0.4) is 0 Å². The summed E-state index contributed by atoms with van der Waals surface area (Å²) >= 11 is 0. The summed E-state index contributed by atoms with van der Waals surface area (Å²) in [6.45, 7) is 7.93. The third-order valence-electron chi connectivity index (χ3n) is 4.99. The first-order chi connectivity index (χ1) is 18.0. The molecule has 1 N–H and O–H groups in total. The Kier molecular flexibility index (Phi) is 18.2. The van der Waals surface area contributed by atoms with E-state index in [-0.39, 0.29) is 32.1 Å². The van der Waals surface area contributed by atoms with Gasteiger partial charge in [0.05, 0.1) is 0 Å². The van der Waals surface area contributed by atoms with Crippen LogP contribution in [0.15, 0.2) is 0 Å². The Morgan fingerprint density at radius 3 is 1.32 bits per heavy atom. The fraction of sp³-hybridized carbons (Fsp3) is 0.769. The smallest absolute Gasteiger partial charge is 0.349 e. The van der Waals surface area contributed by atoms with Crippen molar-refractivity contribution in [2.75, 3.05) is 6.61 Å². The highest BCUT2D eigenvalue weighted by atomic mass is 16.6. The van der Waals surface area contributed by atoms with Crippen LogP contribution in [0.1, 0.15) is 98.8 Å². The zero-order chi connectivity index (χ0) is 29.1. The van der Waals surface area contributed by atoms with Crippen molar-refractivity contribution < 1.29 is 57.6 Å². The molecule has 0 saturated heterocycles. The Morgan fingerprint density at radius 2 is 0.895 bits per heavy atom. The number of carbonyl (C=O) groups excluding carboxylic acids is 5. The molecule has 0 rings (SSSR count). The van der Waals surface area contributed by atoms with Gasteiger partial charge in [-0.3, -0.25) is 24.0 Å². The summed E-state index contributed by atoms with van der Waals surface area (Å²) in [5.41, 5.74) is 0. The fourth-order valence-electron chi connectivity index (χ4n) is 3.23. The van der Waals surface area contributed by atoms with Gasteiger partial charge in [0, 0.05) is 32.1 Å². The minimum Gasteiger partial charge on any atom is -0.478 e. The first-order valence-electron chi connectivity index (χ1n) is 13.2. The average molecular weight is 547 g/mol. The Hall–Kier alpha value is -3.18. The third-order valence-corrected chi connectivity index (χ3v) is 4.99. The molecule has 0 bridgehead atoms. The van der Waals surface area contributed by atoms with Crippen LogP contribution in [0.4, 0.5) is 0 Å². The van der Waals surface area contributed by atoms with Crippen LogP contribution in [0, 0.1) is 0 Å². The summed E-state index contributed by atoms with van der Waals surface area (Å²) in [7, 11) is 0. The molecular formula is C26H42O12. The van der Waals surface area contributed by atoms with Crippen molar-refractivity contribution in [1.29, 1.82) is 0 Å². The van der Waals surface area contributed by atoms with Gasteiger partial charge < -0.3 is 28.8 Å². The molecule has 0 radical (unpaired) electrons. The zero-order valence-electron chi connectivity index (χ0n) is 23.0. The van der Waals surface area contributed by atoms with E-state index in [2.05, 4.69) is 0 Å². The van der Waals surface area contributed by atoms with Gasteiger partial charge in [0.15, 0.2) is 18.3 Å². The maximum atomic E-state index is 12.6. The first-order valence-corrected chi connectivity index (χ1v) is 13.2. The van der Waals surface area contributed by atoms with Gasteiger partial charge >= 0.3 is 35.8 Å². The number of carbonyl (C=O) groups is 6. The monoisotopic (exact) mass is 546 g/mol. The number of hydrogen-bond acceptors (Lipinski definition) is 11. The van der Waals surface area contributed by atoms with Gasteiger partial charge in [0.25, 0.3) is 0 Å². The standard InChI is InChI=1S/C26H42O12/c1-6-11-18(27)34-16-17(35-19(28)12-7-2)23(36-20(29)13-8-3)24(37-21(30)14-9-4)25(26(32)33)38-22(31)15-10-5/h17,23-25H,6-16H2,1-5H3,(H,32,33)/t17-,23-,24+,25?/m1/s1. The van der Waals surface area contributed by atoms with Crippen LogP contribution in [0.25, 0.3) is 0 Å². The highest BCUT2D eigenvalue weighted by Gasteiger charge is 2.47. The van der Waals surface area contributed by atoms with Crippen molar-refractivity contribution in [3.63, 3.8) is 0 Å². The summed E-state index contributed by atoms with van der Waals surface area (Å²) in [6.07, 6.45) is -5.70. The van der Waals surface area contributed by atoms with E-state index in [0.717, 1.165) is 0 Å². The zero-order valence-corrected chi connectivity index (χ0v) is 23.0. The molecule has 0 saturated carbocycles. The second-order valence-electron chi connectivity index (χ2n) is 8.62. The van der Waals surface area contributed by atoms with Crippen molar-refractivity contribution in [3.05, 3.63) is 0 Å². The van der Waals surface area contributed by atoms with Crippen molar-refractivity contribution in [2.24, 2.45) is 0 Å². The Bertz CT molecular complexity index is 778. The lowest BCUT2D eigenvalue weighted by Gasteiger charge is -2.34. The topological polar surface area (TPSA) is 169 Å². The van der Waals surface area contributed by atoms with Crippen LogP contribution < -0.4 is 0 Å². The van der Waals surface area contributed by atoms with Crippen LogP contribution in [0.5, 0.6) is 0 Å². The van der Waals surface area contributed by atoms with Crippen LogP contribution in [-0.4, -0.2) is 71.9 Å². The summed E-state index contributed by atoms with van der Waals surface area (Å²) in [5.74, 6) is -5.60. The van der Waals surface area contributed by atoms with Crippen molar-refractivity contribution in [2.45, 2.75) is 123 Å². The van der Waals surface area contributed by atoms with Crippen molar-refractivity contribution in [1.82, 2.24) is 0 Å². The molecule has 0 aromatic rings. The number of rotatable bonds is 20. The molecule has 0 aromatic carbocycles. The molecule has 0 amide bonds. The quantitative estimate of drug-likeness (QED) is 0.175. The van der Waals surface area contributed by atoms with Crippen molar-refractivity contribution in [3.8, 4) is 0 Å². The number of ether oxygens (including phenoxy) is 5. The van der Waals surface area contributed by atoms with Gasteiger partial charge in [0.1, 0.15) is 6.61 Å². The van der Waals surface area contributed by atoms with E-state index in [1.54, 1.807) is 34.6 Å². The summed E-state index contributed by atoms with van der Waals surface area (Å²) < 4.78 is 26.7. The number of carboxylic acids is 1. The van der Waals surface area contributed by atoms with E-state index < -0.39 is 66.8 Å². The largest absolute Gasteiger partial charge is 0.478 e. The molecule has 12 heteroatoms. The predicted octanol–water partition coefficient (Wildman–Crippen LogP) is 3.26. The van der Waals surface area contributed by atoms with Gasteiger partial charge in [-0.1, -0.05) is 34.6 Å². The van der Waals surface area contributed by atoms with E-state index in [9.17, 15) is 33.9 Å². The van der Waals surface area contributed by atoms with E-state index in [0.29, 0.717) is 32.1 Å². The van der Waals surface area contributed by atoms with Gasteiger partial charge in [-0.2, -0.15) is 0 Å². The molecule has 0 aliphatic carbocycles. The lowest BCUT2D eigenvalue weighted by atomic mass is 10.0. The van der Waals surface area contributed by atoms with Gasteiger partial charge in [-0.25, -0.2) is 4.79 Å². The molecule has 218 valence electrons. The summed E-state index contributed by atoms with van der Waals surface area (Å²) in [4.78, 5) is 74.1. The highest BCUT2D eigenvalue weighted by Crippen LogP contribution is 2.22. The lowest BCUT2D eigenvalue weighted by Crippen LogP contribution is -2.55. The van der Waals surface area contributed by atoms with Gasteiger partial charge in [0.2, 0.25) is 6.10 Å². The SMILES string of the molecule is CCCC(=O)OC[C@@H](OC(=O)CCC)[C@@H](OC(=O)CCC)[C@H](OC(=O)CCC)C(OC(=O)CCC)C(=O)O. The molecule has 0 aliphatic rings. The molecule has 0 fully saturated rings. The van der Waals surface area contributed by atoms with E-state index >= 15 is 0 Å². The van der Waals surface area contributed by atoms with Crippen LogP contribution in [-0.2, 0) is 52.5 Å². The van der Waals surface area contributed by atoms with E-state index in [1.807, 2.05) is 0 Å². The normalized spacial score (nSPS) is 13.8. The predicted molar refractivity (Wildman–Crippen MR) is 133 cm³/mol. The minimum atomic E-state index is -2.10. The van der Waals surface area contributed by atoms with Crippen LogP contribution in [0.2, 0.25) is 0 Å². The first kappa shape index (κ1) is 34.8. The van der Waals surface area contributed by atoms with Gasteiger partial charge in [-0.15, -0.1) is 0 Å². The fourth-order valence-corrected chi connectivity index (χ4v) is 3.23. The van der Waals surface area contributed by atoms with Gasteiger partial charge in [-0.05, 0) is 32.1 Å². The molecule has 4 atom stereocenters. The molecule has 0 aliphatic heterocycles.